The highest BCUT2D eigenvalue weighted by Crippen LogP contribution is 2.28. The minimum Gasteiger partial charge on any atom is -0.310 e. The summed E-state index contributed by atoms with van der Waals surface area (Å²) in [7, 11) is 1.65. The highest BCUT2D eigenvalue weighted by atomic mass is 35.7. The largest absolute Gasteiger partial charge is 0.310 e. The molecule has 2 heterocycles. The van der Waals surface area contributed by atoms with E-state index in [4.69, 9.17) is 10.7 Å². The van der Waals surface area contributed by atoms with Gasteiger partial charge in [0.1, 0.15) is 0 Å². The molecule has 5 nitrogen and oxygen atoms in total. The van der Waals surface area contributed by atoms with Gasteiger partial charge in [0.15, 0.2) is 0 Å². The van der Waals surface area contributed by atoms with E-state index in [1.54, 1.807) is 17.3 Å². The molecule has 1 fully saturated rings. The molecular weight excluding hydrogens is 276 g/mol. The van der Waals surface area contributed by atoms with Crippen LogP contribution in [0.2, 0.25) is 0 Å². The molecule has 7 heteroatoms. The Kier molecular flexibility index (Phi) is 3.59. The molecule has 1 amide bonds. The smallest absolute Gasteiger partial charge is 0.232 e. The van der Waals surface area contributed by atoms with Crippen LogP contribution in [0.25, 0.3) is 0 Å². The molecule has 2 rings (SSSR count). The number of aromatic nitrogens is 1. The molecule has 18 heavy (non-hydrogen) atoms. The molecule has 0 spiro atoms. The zero-order valence-electron chi connectivity index (χ0n) is 9.84. The maximum Gasteiger partial charge on any atom is 0.232 e. The number of rotatable bonds is 3. The SMILES string of the molecule is Cc1ccncc1N1CC(CS(=O)(=O)Cl)CC1=O. The van der Waals surface area contributed by atoms with Gasteiger partial charge in [-0.05, 0) is 18.6 Å². The second-order valence-corrected chi connectivity index (χ2v) is 7.26. The predicted molar refractivity (Wildman–Crippen MR) is 69.1 cm³/mol. The summed E-state index contributed by atoms with van der Waals surface area (Å²) in [5.74, 6) is -0.508. The van der Waals surface area contributed by atoms with Crippen LogP contribution in [-0.2, 0) is 13.8 Å². The zero-order chi connectivity index (χ0) is 13.3. The lowest BCUT2D eigenvalue weighted by Crippen LogP contribution is -2.26. The molecule has 0 saturated carbocycles. The average molecular weight is 289 g/mol. The Hall–Kier alpha value is -1.14. The van der Waals surface area contributed by atoms with Gasteiger partial charge in [0.25, 0.3) is 0 Å². The molecule has 0 aliphatic carbocycles. The molecule has 1 atom stereocenters. The van der Waals surface area contributed by atoms with Gasteiger partial charge in [-0.2, -0.15) is 0 Å². The van der Waals surface area contributed by atoms with Gasteiger partial charge in [0.05, 0.1) is 17.6 Å². The third-order valence-corrected chi connectivity index (χ3v) is 4.19. The van der Waals surface area contributed by atoms with E-state index in [-0.39, 0.29) is 24.0 Å². The van der Waals surface area contributed by atoms with Crippen LogP contribution in [0.5, 0.6) is 0 Å². The Morgan fingerprint density at radius 1 is 1.56 bits per heavy atom. The van der Waals surface area contributed by atoms with Crippen molar-refractivity contribution >= 4 is 31.3 Å². The molecule has 1 aliphatic heterocycles. The number of hydrogen-bond donors (Lipinski definition) is 0. The Labute approximate surface area is 110 Å². The van der Waals surface area contributed by atoms with Crippen molar-refractivity contribution in [3.8, 4) is 0 Å². The maximum atomic E-state index is 11.9. The molecule has 0 bridgehead atoms. The first kappa shape index (κ1) is 13.3. The number of anilines is 1. The van der Waals surface area contributed by atoms with Gasteiger partial charge in [0, 0.05) is 35.8 Å². The number of amides is 1. The third-order valence-electron chi connectivity index (χ3n) is 2.94. The van der Waals surface area contributed by atoms with E-state index in [0.29, 0.717) is 6.54 Å². The average Bonchev–Trinajstić information content (AvgIpc) is 2.57. The summed E-state index contributed by atoms with van der Waals surface area (Å²) < 4.78 is 22.1. The normalized spacial score (nSPS) is 20.4. The zero-order valence-corrected chi connectivity index (χ0v) is 11.4. The highest BCUT2D eigenvalue weighted by Gasteiger charge is 2.33. The van der Waals surface area contributed by atoms with Crippen molar-refractivity contribution in [3.63, 3.8) is 0 Å². The van der Waals surface area contributed by atoms with Crippen molar-refractivity contribution in [3.05, 3.63) is 24.0 Å². The van der Waals surface area contributed by atoms with Crippen molar-refractivity contribution in [1.29, 1.82) is 0 Å². The summed E-state index contributed by atoms with van der Waals surface area (Å²) >= 11 is 0. The summed E-state index contributed by atoms with van der Waals surface area (Å²) in [5.41, 5.74) is 1.67. The van der Waals surface area contributed by atoms with E-state index in [9.17, 15) is 13.2 Å². The van der Waals surface area contributed by atoms with Gasteiger partial charge in [0.2, 0.25) is 15.0 Å². The Balaban J connectivity index is 2.18. The van der Waals surface area contributed by atoms with Crippen molar-refractivity contribution in [2.45, 2.75) is 13.3 Å². The molecule has 1 aromatic rings. The van der Waals surface area contributed by atoms with E-state index in [1.807, 2.05) is 13.0 Å². The van der Waals surface area contributed by atoms with Crippen molar-refractivity contribution in [2.24, 2.45) is 5.92 Å². The maximum absolute atomic E-state index is 11.9. The van der Waals surface area contributed by atoms with Gasteiger partial charge >= 0.3 is 0 Å². The minimum absolute atomic E-state index is 0.0867. The molecule has 0 aromatic carbocycles. The summed E-state index contributed by atoms with van der Waals surface area (Å²) in [6.45, 7) is 2.26. The Morgan fingerprint density at radius 3 is 2.89 bits per heavy atom. The van der Waals surface area contributed by atoms with Crippen LogP contribution in [0.3, 0.4) is 0 Å². The number of halogens is 1. The monoisotopic (exact) mass is 288 g/mol. The fraction of sp³-hybridized carbons (Fsp3) is 0.455. The highest BCUT2D eigenvalue weighted by molar-refractivity contribution is 8.13. The predicted octanol–water partition coefficient (Wildman–Crippen LogP) is 1.31. The van der Waals surface area contributed by atoms with E-state index < -0.39 is 9.05 Å². The van der Waals surface area contributed by atoms with E-state index in [2.05, 4.69) is 4.98 Å². The van der Waals surface area contributed by atoms with E-state index in [1.165, 1.54) is 0 Å². The van der Waals surface area contributed by atoms with Crippen LogP contribution in [0.1, 0.15) is 12.0 Å². The second kappa shape index (κ2) is 4.85. The number of carbonyl (C=O) groups excluding carboxylic acids is 1. The fourth-order valence-corrected chi connectivity index (χ4v) is 3.47. The van der Waals surface area contributed by atoms with Crippen LogP contribution in [-0.4, -0.2) is 31.6 Å². The number of aryl methyl sites for hydroxylation is 1. The number of nitrogens with zero attached hydrogens (tertiary/aromatic N) is 2. The topological polar surface area (TPSA) is 67.3 Å². The summed E-state index contributed by atoms with van der Waals surface area (Å²) in [6.07, 6.45) is 3.48. The van der Waals surface area contributed by atoms with Crippen LogP contribution < -0.4 is 4.90 Å². The molecule has 0 radical (unpaired) electrons. The van der Waals surface area contributed by atoms with Crippen LogP contribution in [0.15, 0.2) is 18.5 Å². The lowest BCUT2D eigenvalue weighted by molar-refractivity contribution is -0.117. The molecule has 98 valence electrons. The summed E-state index contributed by atoms with van der Waals surface area (Å²) in [5, 5.41) is 0. The molecule has 1 aromatic heterocycles. The first-order valence-corrected chi connectivity index (χ1v) is 7.98. The van der Waals surface area contributed by atoms with Crippen LogP contribution in [0, 0.1) is 12.8 Å². The van der Waals surface area contributed by atoms with Crippen molar-refractivity contribution in [2.75, 3.05) is 17.2 Å². The quantitative estimate of drug-likeness (QED) is 0.787. The number of pyridine rings is 1. The summed E-state index contributed by atoms with van der Waals surface area (Å²) in [6, 6.07) is 1.81. The molecule has 1 aliphatic rings. The van der Waals surface area contributed by atoms with E-state index >= 15 is 0 Å². The first-order valence-electron chi connectivity index (χ1n) is 5.50. The van der Waals surface area contributed by atoms with E-state index in [0.717, 1.165) is 11.3 Å². The molecule has 1 saturated heterocycles. The molecule has 0 N–H and O–H groups in total. The Morgan fingerprint density at radius 2 is 2.28 bits per heavy atom. The molecule has 1 unspecified atom stereocenters. The first-order chi connectivity index (χ1) is 8.37. The lowest BCUT2D eigenvalue weighted by Gasteiger charge is -2.18. The van der Waals surface area contributed by atoms with Crippen LogP contribution in [0.4, 0.5) is 5.69 Å². The van der Waals surface area contributed by atoms with Gasteiger partial charge < -0.3 is 4.90 Å². The number of hydrogen-bond acceptors (Lipinski definition) is 4. The second-order valence-electron chi connectivity index (χ2n) is 4.44. The standard InChI is InChI=1S/C11H13ClN2O3S/c1-8-2-3-13-5-10(8)14-6-9(4-11(14)15)7-18(12,16)17/h2-3,5,9H,4,6-7H2,1H3. The number of carbonyl (C=O) groups is 1. The summed E-state index contributed by atoms with van der Waals surface area (Å²) in [4.78, 5) is 17.4. The van der Waals surface area contributed by atoms with Gasteiger partial charge in [-0.1, -0.05) is 0 Å². The van der Waals surface area contributed by atoms with Gasteiger partial charge in [-0.25, -0.2) is 8.42 Å². The van der Waals surface area contributed by atoms with Crippen LogP contribution >= 0.6 is 10.7 Å². The lowest BCUT2D eigenvalue weighted by atomic mass is 10.1. The Bertz CT molecular complexity index is 573. The van der Waals surface area contributed by atoms with Gasteiger partial charge in [-0.3, -0.25) is 9.78 Å². The fourth-order valence-electron chi connectivity index (χ4n) is 2.15. The van der Waals surface area contributed by atoms with Crippen molar-refractivity contribution in [1.82, 2.24) is 4.98 Å². The minimum atomic E-state index is -3.57. The van der Waals surface area contributed by atoms with Crippen molar-refractivity contribution < 1.29 is 13.2 Å². The third kappa shape index (κ3) is 3.00. The van der Waals surface area contributed by atoms with Gasteiger partial charge in [-0.15, -0.1) is 0 Å². The molecular formula is C11H13ClN2O3S.